The summed E-state index contributed by atoms with van der Waals surface area (Å²) >= 11 is 3.29. The van der Waals surface area contributed by atoms with Crippen LogP contribution in [0.15, 0.2) is 64.8 Å². The zero-order valence-corrected chi connectivity index (χ0v) is 48.3. The lowest BCUT2D eigenvalue weighted by atomic mass is 9.95. The number of piperidine rings is 1. The molecule has 9 N–H and O–H groups in total. The predicted octanol–water partition coefficient (Wildman–Crippen LogP) is 1.18. The molecule has 80 heavy (non-hydrogen) atoms. The number of hydrogen-bond donors (Lipinski definition) is 9. The van der Waals surface area contributed by atoms with E-state index in [2.05, 4.69) is 53.1 Å². The van der Waals surface area contributed by atoms with Gasteiger partial charge in [-0.05, 0) is 105 Å². The van der Waals surface area contributed by atoms with Gasteiger partial charge in [0.2, 0.25) is 41.4 Å². The summed E-state index contributed by atoms with van der Waals surface area (Å²) in [5, 5.41) is 39.5. The lowest BCUT2D eigenvalue weighted by Gasteiger charge is -2.43. The van der Waals surface area contributed by atoms with Gasteiger partial charge in [-0.3, -0.25) is 43.2 Å². The molecule has 2 bridgehead atoms. The minimum atomic E-state index is -1.97. The summed E-state index contributed by atoms with van der Waals surface area (Å²) in [6.07, 6.45) is -3.18. The fourth-order valence-corrected chi connectivity index (χ4v) is 9.31. The number of allylic oxidation sites excluding steroid dienone is 1. The number of aliphatic hydroxyl groups is 1. The number of esters is 2. The SMILES string of the molecule is CC=C1NC(=O)C(NC(=O)C(NC(=O)C(C)NC(=O)CCC)C(C)OC(=O)C(C)NC(=O)CCC)C(C)OC(=O)C(C(C)C)NC(=O)C(Cc2ccc(O)c(Br)c2)N(C)C(=O)C(Cc2ccccc2)N2C(=O)C(CCC2O)NC1=O. The van der Waals surface area contributed by atoms with Gasteiger partial charge in [-0.15, -0.1) is 0 Å². The minimum absolute atomic E-state index is 0.0706. The molecule has 0 aliphatic carbocycles. The number of cyclic esters (lactones) is 1. The third kappa shape index (κ3) is 17.8. The van der Waals surface area contributed by atoms with E-state index in [1.54, 1.807) is 58.0 Å². The van der Waals surface area contributed by atoms with Crippen LogP contribution >= 0.6 is 15.9 Å². The zero-order chi connectivity index (χ0) is 59.7. The summed E-state index contributed by atoms with van der Waals surface area (Å²) in [6, 6.07) is 0.829. The Kier molecular flexibility index (Phi) is 24.6. The Labute approximate surface area is 473 Å². The van der Waals surface area contributed by atoms with E-state index < -0.39 is 143 Å². The molecule has 2 aromatic rings. The molecule has 2 aromatic carbocycles. The van der Waals surface area contributed by atoms with E-state index in [0.717, 1.165) is 9.80 Å². The van der Waals surface area contributed by atoms with Gasteiger partial charge < -0.3 is 66.7 Å². The summed E-state index contributed by atoms with van der Waals surface area (Å²) in [7, 11) is 1.32. The Bertz CT molecular complexity index is 2640. The maximum Gasteiger partial charge on any atom is 0.329 e. The number of fused-ring (bicyclic) bond motifs is 2. The highest BCUT2D eigenvalue weighted by molar-refractivity contribution is 9.10. The van der Waals surface area contributed by atoms with Crippen LogP contribution < -0.4 is 37.2 Å². The molecule has 0 aromatic heterocycles. The molecule has 11 atom stereocenters. The lowest BCUT2D eigenvalue weighted by Crippen LogP contribution is -2.64. The summed E-state index contributed by atoms with van der Waals surface area (Å²) in [6.45, 7) is 13.2. The predicted molar refractivity (Wildman–Crippen MR) is 293 cm³/mol. The number of aliphatic hydroxyl groups excluding tert-OH is 1. The number of phenolic OH excluding ortho intramolecular Hbond substituents is 1. The van der Waals surface area contributed by atoms with Crippen molar-refractivity contribution < 1.29 is 72.4 Å². The Hall–Kier alpha value is -7.41. The van der Waals surface area contributed by atoms with Crippen LogP contribution in [-0.2, 0) is 75.1 Å². The van der Waals surface area contributed by atoms with Crippen molar-refractivity contribution in [1.82, 2.24) is 47.0 Å². The molecule has 2 heterocycles. The molecular formula is C55H76BrN9O15. The van der Waals surface area contributed by atoms with Gasteiger partial charge in [0.25, 0.3) is 11.8 Å². The van der Waals surface area contributed by atoms with Crippen LogP contribution in [0.2, 0.25) is 0 Å². The number of benzene rings is 2. The summed E-state index contributed by atoms with van der Waals surface area (Å²) in [4.78, 5) is 157. The van der Waals surface area contributed by atoms with Crippen LogP contribution in [-0.4, -0.2) is 159 Å². The third-order valence-electron chi connectivity index (χ3n) is 13.5. The van der Waals surface area contributed by atoms with Gasteiger partial charge >= 0.3 is 11.9 Å². The van der Waals surface area contributed by atoms with E-state index in [1.807, 2.05) is 0 Å². The average molecular weight is 1180 g/mol. The van der Waals surface area contributed by atoms with Gasteiger partial charge in [0.15, 0.2) is 0 Å². The van der Waals surface area contributed by atoms with Crippen LogP contribution in [0.25, 0.3) is 0 Å². The number of rotatable bonds is 18. The van der Waals surface area contributed by atoms with Gasteiger partial charge in [-0.1, -0.05) is 70.2 Å². The van der Waals surface area contributed by atoms with Crippen molar-refractivity contribution in [2.75, 3.05) is 7.05 Å². The van der Waals surface area contributed by atoms with E-state index in [0.29, 0.717) is 24.0 Å². The average Bonchev–Trinajstić information content (AvgIpc) is 3.40. The van der Waals surface area contributed by atoms with Gasteiger partial charge in [0, 0.05) is 32.7 Å². The van der Waals surface area contributed by atoms with Gasteiger partial charge in [0.1, 0.15) is 78.2 Å². The number of likely N-dealkylation sites (N-methyl/N-ethyl adjacent to an activating group) is 1. The standard InChI is InChI=1S/C55H76BrN9O15/c1-11-17-41(67)57-29(6)47(70)62-46(31(8)79-54(77)30(7)58-42(68)18-12-2)51(74)63-45-32(9)80-55(78)44(28(4)5)61-49(72)38(27-34-21-23-40(66)35(56)25-34)64(10)53(76)39(26-33-19-15-14-16-20-33)65-43(69)24-22-37(52(65)75)60-48(71)36(13-3)59-50(45)73/h13-16,19-21,23,25,28-32,37-39,43-46,66,69H,11-12,17-18,22,24,26-27H2,1-10H3,(H,57,67)(H,58,68)(H,59,73)(H,60,71)(H,61,72)(H,62,70)(H,63,74). The maximum absolute atomic E-state index is 15.1. The second-order valence-corrected chi connectivity index (χ2v) is 21.1. The quantitative estimate of drug-likeness (QED) is 0.0748. The van der Waals surface area contributed by atoms with Gasteiger partial charge in [0.05, 0.1) is 4.47 Å². The number of carbonyl (C=O) groups excluding carboxylic acids is 11. The fraction of sp³-hybridized carbons (Fsp3) is 0.545. The second kappa shape index (κ2) is 30.3. The number of nitrogens with one attached hydrogen (secondary N) is 7. The molecule has 2 saturated heterocycles. The van der Waals surface area contributed by atoms with Crippen molar-refractivity contribution in [3.05, 3.63) is 75.9 Å². The van der Waals surface area contributed by atoms with Crippen LogP contribution in [0.4, 0.5) is 0 Å². The van der Waals surface area contributed by atoms with E-state index >= 15 is 4.79 Å². The highest BCUT2D eigenvalue weighted by atomic mass is 79.9. The van der Waals surface area contributed by atoms with E-state index in [9.17, 15) is 58.2 Å². The number of aromatic hydroxyl groups is 1. The second-order valence-electron chi connectivity index (χ2n) is 20.2. The Morgan fingerprint density at radius 1 is 0.800 bits per heavy atom. The molecule has 2 aliphatic heterocycles. The highest BCUT2D eigenvalue weighted by Crippen LogP contribution is 2.28. The highest BCUT2D eigenvalue weighted by Gasteiger charge is 2.46. The topological polar surface area (TPSA) is 337 Å². The van der Waals surface area contributed by atoms with E-state index in [-0.39, 0.29) is 48.7 Å². The number of amides is 9. The summed E-state index contributed by atoms with van der Waals surface area (Å²) in [5.74, 6) is -10.9. The molecule has 2 fully saturated rings. The lowest BCUT2D eigenvalue weighted by molar-refractivity contribution is -0.165. The van der Waals surface area contributed by atoms with Crippen LogP contribution in [0.5, 0.6) is 5.75 Å². The summed E-state index contributed by atoms with van der Waals surface area (Å²) < 4.78 is 11.7. The van der Waals surface area contributed by atoms with E-state index in [1.165, 1.54) is 65.9 Å². The fourth-order valence-electron chi connectivity index (χ4n) is 8.89. The Morgan fingerprint density at radius 2 is 1.41 bits per heavy atom. The molecular weight excluding hydrogens is 1110 g/mol. The molecule has 0 spiro atoms. The monoisotopic (exact) mass is 1180 g/mol. The first-order chi connectivity index (χ1) is 37.7. The van der Waals surface area contributed by atoms with Gasteiger partial charge in [-0.25, -0.2) is 9.59 Å². The molecule has 11 unspecified atom stereocenters. The normalized spacial score (nSPS) is 23.6. The van der Waals surface area contributed by atoms with Crippen LogP contribution in [0.1, 0.15) is 112 Å². The van der Waals surface area contributed by atoms with Crippen LogP contribution in [0, 0.1) is 5.92 Å². The number of carbonyl (C=O) groups is 11. The van der Waals surface area contributed by atoms with E-state index in [4.69, 9.17) is 9.47 Å². The molecule has 4 rings (SSSR count). The number of halogens is 1. The van der Waals surface area contributed by atoms with Crippen molar-refractivity contribution in [2.45, 2.75) is 180 Å². The zero-order valence-electron chi connectivity index (χ0n) is 46.8. The van der Waals surface area contributed by atoms with Crippen molar-refractivity contribution in [1.29, 1.82) is 0 Å². The smallest absolute Gasteiger partial charge is 0.329 e. The first-order valence-electron chi connectivity index (χ1n) is 26.7. The van der Waals surface area contributed by atoms with Crippen molar-refractivity contribution in [2.24, 2.45) is 5.92 Å². The molecule has 0 radical (unpaired) electrons. The number of phenols is 1. The first kappa shape index (κ1) is 65.1. The number of nitrogens with zero attached hydrogens (tertiary/aromatic N) is 2. The molecule has 438 valence electrons. The molecule has 0 saturated carbocycles. The summed E-state index contributed by atoms with van der Waals surface area (Å²) in [5.41, 5.74) is 0.543. The van der Waals surface area contributed by atoms with Crippen molar-refractivity contribution >= 4 is 81.0 Å². The van der Waals surface area contributed by atoms with Crippen molar-refractivity contribution in [3.63, 3.8) is 0 Å². The molecule has 24 nitrogen and oxygen atoms in total. The van der Waals surface area contributed by atoms with Gasteiger partial charge in [-0.2, -0.15) is 0 Å². The first-order valence-corrected chi connectivity index (χ1v) is 27.5. The van der Waals surface area contributed by atoms with Crippen molar-refractivity contribution in [3.8, 4) is 5.75 Å². The maximum atomic E-state index is 15.1. The molecule has 25 heteroatoms. The number of ether oxygens (including phenoxy) is 2. The Morgan fingerprint density at radius 3 is 2.00 bits per heavy atom. The Balaban J connectivity index is 1.86. The third-order valence-corrected chi connectivity index (χ3v) is 14.1. The van der Waals surface area contributed by atoms with Crippen LogP contribution in [0.3, 0.4) is 0 Å². The minimum Gasteiger partial charge on any atom is -0.507 e. The largest absolute Gasteiger partial charge is 0.507 e. The number of hydrogen-bond acceptors (Lipinski definition) is 15. The molecule has 9 amide bonds. The molecule has 2 aliphatic rings.